The second-order valence-corrected chi connectivity index (χ2v) is 7.17. The maximum Gasteiger partial charge on any atom is 0.327 e. The second kappa shape index (κ2) is 9.05. The number of amides is 3. The van der Waals surface area contributed by atoms with E-state index < -0.39 is 17.7 Å². The molecule has 0 aliphatic heterocycles. The van der Waals surface area contributed by atoms with Crippen molar-refractivity contribution in [2.45, 2.75) is 40.0 Å². The van der Waals surface area contributed by atoms with Crippen molar-refractivity contribution in [1.29, 1.82) is 0 Å². The number of nitrogens with one attached hydrogen (secondary N) is 3. The van der Waals surface area contributed by atoms with E-state index in [1.807, 2.05) is 31.4 Å². The zero-order valence-electron chi connectivity index (χ0n) is 15.4. The van der Waals surface area contributed by atoms with Crippen molar-refractivity contribution in [3.05, 3.63) is 29.8 Å². The Labute approximate surface area is 148 Å². The number of hydrazine groups is 1. The molecule has 7 nitrogen and oxygen atoms in total. The molecule has 3 amide bonds. The van der Waals surface area contributed by atoms with Crippen LogP contribution in [0.15, 0.2) is 24.3 Å². The average molecular weight is 349 g/mol. The molecule has 138 valence electrons. The first-order valence-electron chi connectivity index (χ1n) is 8.20. The quantitative estimate of drug-likeness (QED) is 0.551. The van der Waals surface area contributed by atoms with E-state index in [-0.39, 0.29) is 17.9 Å². The predicted molar refractivity (Wildman–Crippen MR) is 94.8 cm³/mol. The largest absolute Gasteiger partial charge is 0.484 e. The third-order valence-electron chi connectivity index (χ3n) is 3.28. The van der Waals surface area contributed by atoms with Crippen LogP contribution in [0.2, 0.25) is 0 Å². The van der Waals surface area contributed by atoms with Crippen molar-refractivity contribution < 1.29 is 19.1 Å². The minimum absolute atomic E-state index is 0.0380. The number of ether oxygens (including phenoxy) is 1. The molecule has 1 rings (SSSR count). The summed E-state index contributed by atoms with van der Waals surface area (Å²) in [5.74, 6) is -1.52. The Morgan fingerprint density at radius 3 is 2.12 bits per heavy atom. The number of carbonyl (C=O) groups excluding carboxylic acids is 3. The normalized spacial score (nSPS) is 11.0. The van der Waals surface area contributed by atoms with Crippen LogP contribution >= 0.6 is 0 Å². The predicted octanol–water partition coefficient (Wildman–Crippen LogP) is 1.28. The minimum atomic E-state index is -0.927. The number of hydrogen-bond acceptors (Lipinski definition) is 4. The van der Waals surface area contributed by atoms with Gasteiger partial charge >= 0.3 is 11.8 Å². The monoisotopic (exact) mass is 349 g/mol. The van der Waals surface area contributed by atoms with Crippen LogP contribution in [-0.4, -0.2) is 30.9 Å². The highest BCUT2D eigenvalue weighted by molar-refractivity contribution is 6.35. The lowest BCUT2D eigenvalue weighted by Gasteiger charge is -2.19. The van der Waals surface area contributed by atoms with Crippen molar-refractivity contribution in [2.24, 2.45) is 5.92 Å². The molecule has 0 spiro atoms. The molecule has 0 aromatic heterocycles. The number of rotatable bonds is 5. The highest BCUT2D eigenvalue weighted by atomic mass is 16.5. The molecule has 0 aliphatic carbocycles. The second-order valence-electron chi connectivity index (χ2n) is 7.17. The molecule has 0 fully saturated rings. The fourth-order valence-electron chi connectivity index (χ4n) is 1.80. The van der Waals surface area contributed by atoms with Gasteiger partial charge in [0.1, 0.15) is 5.75 Å². The van der Waals surface area contributed by atoms with Crippen molar-refractivity contribution >= 4 is 17.7 Å². The molecule has 1 aromatic rings. The first-order valence-corrected chi connectivity index (χ1v) is 8.20. The molecule has 0 radical (unpaired) electrons. The minimum Gasteiger partial charge on any atom is -0.484 e. The van der Waals surface area contributed by atoms with Crippen LogP contribution < -0.4 is 20.9 Å². The van der Waals surface area contributed by atoms with Crippen LogP contribution in [-0.2, 0) is 19.8 Å². The maximum absolute atomic E-state index is 11.7. The summed E-state index contributed by atoms with van der Waals surface area (Å²) in [6.07, 6.45) is 0. The zero-order valence-corrected chi connectivity index (χ0v) is 15.4. The van der Waals surface area contributed by atoms with E-state index in [2.05, 4.69) is 31.5 Å². The van der Waals surface area contributed by atoms with Gasteiger partial charge in [0, 0.05) is 6.54 Å². The average Bonchev–Trinajstić information content (AvgIpc) is 2.55. The van der Waals surface area contributed by atoms with Gasteiger partial charge in [0.2, 0.25) is 0 Å². The van der Waals surface area contributed by atoms with Gasteiger partial charge in [0.15, 0.2) is 6.61 Å². The topological polar surface area (TPSA) is 96.5 Å². The molecule has 0 unspecified atom stereocenters. The smallest absolute Gasteiger partial charge is 0.327 e. The summed E-state index contributed by atoms with van der Waals surface area (Å²) in [7, 11) is 0. The fourth-order valence-corrected chi connectivity index (χ4v) is 1.80. The highest BCUT2D eigenvalue weighted by Gasteiger charge is 2.15. The van der Waals surface area contributed by atoms with Gasteiger partial charge in [-0.1, -0.05) is 46.8 Å². The van der Waals surface area contributed by atoms with Gasteiger partial charge in [-0.25, -0.2) is 0 Å². The van der Waals surface area contributed by atoms with Gasteiger partial charge < -0.3 is 10.1 Å². The Hall–Kier alpha value is -2.57. The molecule has 0 saturated heterocycles. The summed E-state index contributed by atoms with van der Waals surface area (Å²) < 4.78 is 5.34. The van der Waals surface area contributed by atoms with E-state index in [9.17, 15) is 14.4 Å². The lowest BCUT2D eigenvalue weighted by atomic mass is 9.87. The van der Waals surface area contributed by atoms with Crippen molar-refractivity contribution in [3.63, 3.8) is 0 Å². The van der Waals surface area contributed by atoms with Gasteiger partial charge in [-0.15, -0.1) is 0 Å². The molecule has 0 heterocycles. The van der Waals surface area contributed by atoms with E-state index in [0.717, 1.165) is 5.56 Å². The van der Waals surface area contributed by atoms with E-state index in [1.54, 1.807) is 12.1 Å². The van der Waals surface area contributed by atoms with Crippen LogP contribution in [0.3, 0.4) is 0 Å². The van der Waals surface area contributed by atoms with E-state index in [1.165, 1.54) is 0 Å². The lowest BCUT2D eigenvalue weighted by molar-refractivity contribution is -0.141. The van der Waals surface area contributed by atoms with Crippen molar-refractivity contribution in [2.75, 3.05) is 13.2 Å². The number of carbonyl (C=O) groups is 3. The molecule has 0 bridgehead atoms. The van der Waals surface area contributed by atoms with Gasteiger partial charge in [-0.2, -0.15) is 0 Å². The third-order valence-corrected chi connectivity index (χ3v) is 3.28. The first kappa shape index (κ1) is 20.5. The maximum atomic E-state index is 11.7. The molecule has 1 aromatic carbocycles. The van der Waals surface area contributed by atoms with Crippen LogP contribution in [0.25, 0.3) is 0 Å². The highest BCUT2D eigenvalue weighted by Crippen LogP contribution is 2.24. The molecule has 25 heavy (non-hydrogen) atoms. The van der Waals surface area contributed by atoms with Crippen LogP contribution in [0.5, 0.6) is 5.75 Å². The SMILES string of the molecule is CC(C)CNC(=O)C(=O)NNC(=O)COc1ccc(C(C)(C)C)cc1. The Morgan fingerprint density at radius 1 is 1.00 bits per heavy atom. The lowest BCUT2D eigenvalue weighted by Crippen LogP contribution is -2.50. The van der Waals surface area contributed by atoms with Crippen LogP contribution in [0, 0.1) is 5.92 Å². The Bertz CT molecular complexity index is 604. The van der Waals surface area contributed by atoms with E-state index in [0.29, 0.717) is 12.3 Å². The first-order chi connectivity index (χ1) is 11.6. The van der Waals surface area contributed by atoms with Crippen LogP contribution in [0.4, 0.5) is 0 Å². The fraction of sp³-hybridized carbons (Fsp3) is 0.500. The van der Waals surface area contributed by atoms with E-state index in [4.69, 9.17) is 4.74 Å². The summed E-state index contributed by atoms with van der Waals surface area (Å²) >= 11 is 0. The standard InChI is InChI=1S/C18H27N3O4/c1-12(2)10-19-16(23)17(24)21-20-15(22)11-25-14-8-6-13(7-9-14)18(3,4)5/h6-9,12H,10-11H2,1-5H3,(H,19,23)(H,20,22)(H,21,24). The summed E-state index contributed by atoms with van der Waals surface area (Å²) in [6.45, 7) is 10.2. The van der Waals surface area contributed by atoms with E-state index >= 15 is 0 Å². The Balaban J connectivity index is 2.35. The van der Waals surface area contributed by atoms with Crippen molar-refractivity contribution in [3.8, 4) is 5.75 Å². The molecule has 0 atom stereocenters. The molecule has 0 aliphatic rings. The molecule has 0 saturated carbocycles. The van der Waals surface area contributed by atoms with Crippen LogP contribution in [0.1, 0.15) is 40.2 Å². The Morgan fingerprint density at radius 2 is 1.60 bits per heavy atom. The third kappa shape index (κ3) is 7.69. The summed E-state index contributed by atoms with van der Waals surface area (Å²) in [5, 5.41) is 2.45. The zero-order chi connectivity index (χ0) is 19.0. The molecule has 3 N–H and O–H groups in total. The summed E-state index contributed by atoms with van der Waals surface area (Å²) in [4.78, 5) is 34.6. The summed E-state index contributed by atoms with van der Waals surface area (Å²) in [6, 6.07) is 7.44. The van der Waals surface area contributed by atoms with Crippen molar-refractivity contribution in [1.82, 2.24) is 16.2 Å². The molecular formula is C18H27N3O4. The molecule has 7 heteroatoms. The van der Waals surface area contributed by atoms with Gasteiger partial charge in [0.05, 0.1) is 0 Å². The number of hydrogen-bond donors (Lipinski definition) is 3. The number of benzene rings is 1. The van der Waals surface area contributed by atoms with Gasteiger partial charge in [0.25, 0.3) is 5.91 Å². The molecular weight excluding hydrogens is 322 g/mol. The van der Waals surface area contributed by atoms with Gasteiger partial charge in [-0.3, -0.25) is 25.2 Å². The van der Waals surface area contributed by atoms with Gasteiger partial charge in [-0.05, 0) is 29.0 Å². The summed E-state index contributed by atoms with van der Waals surface area (Å²) in [5.41, 5.74) is 5.37. The Kier molecular flexibility index (Phi) is 7.42.